The molecular weight excluding hydrogens is 148 g/mol. The van der Waals surface area contributed by atoms with Gasteiger partial charge in [-0.25, -0.2) is 4.98 Å². The Morgan fingerprint density at radius 3 is 2.75 bits per heavy atom. The monoisotopic (exact) mass is 162 g/mol. The fraction of sp³-hybridized carbons (Fsp3) is 0.500. The molecule has 0 spiro atoms. The van der Waals surface area contributed by atoms with E-state index in [0.29, 0.717) is 5.54 Å². The summed E-state index contributed by atoms with van der Waals surface area (Å²) in [5.74, 6) is 1.000. The van der Waals surface area contributed by atoms with E-state index in [-0.39, 0.29) is 0 Å². The van der Waals surface area contributed by atoms with Crippen LogP contribution in [0.3, 0.4) is 0 Å². The van der Waals surface area contributed by atoms with Gasteiger partial charge in [-0.1, -0.05) is 6.07 Å². The second-order valence-corrected chi connectivity index (χ2v) is 3.75. The molecule has 0 bridgehead atoms. The Morgan fingerprint density at radius 2 is 2.25 bits per heavy atom. The molecule has 0 aliphatic heterocycles. The third kappa shape index (κ3) is 1.42. The zero-order valence-corrected chi connectivity index (χ0v) is 7.38. The van der Waals surface area contributed by atoms with Gasteiger partial charge in [-0.2, -0.15) is 0 Å². The van der Waals surface area contributed by atoms with E-state index < -0.39 is 0 Å². The number of rotatable bonds is 2. The molecular formula is C10H14N2. The highest BCUT2D eigenvalue weighted by Gasteiger charge is 2.31. The van der Waals surface area contributed by atoms with Gasteiger partial charge in [0.2, 0.25) is 0 Å². The van der Waals surface area contributed by atoms with E-state index in [2.05, 4.69) is 17.2 Å². The molecule has 0 aromatic carbocycles. The minimum atomic E-state index is 0.314. The third-order valence-corrected chi connectivity index (χ3v) is 2.55. The maximum absolute atomic E-state index is 4.23. The number of aromatic nitrogens is 1. The number of pyridine rings is 1. The van der Waals surface area contributed by atoms with Crippen LogP contribution in [0.1, 0.15) is 26.2 Å². The van der Waals surface area contributed by atoms with E-state index in [4.69, 9.17) is 0 Å². The minimum Gasteiger partial charge on any atom is -0.365 e. The molecule has 1 fully saturated rings. The average molecular weight is 162 g/mol. The first-order chi connectivity index (χ1) is 5.79. The van der Waals surface area contributed by atoms with Crippen LogP contribution in [0.2, 0.25) is 0 Å². The summed E-state index contributed by atoms with van der Waals surface area (Å²) in [6, 6.07) is 5.97. The van der Waals surface area contributed by atoms with Crippen LogP contribution in [0.25, 0.3) is 0 Å². The summed E-state index contributed by atoms with van der Waals surface area (Å²) in [4.78, 5) is 4.23. The van der Waals surface area contributed by atoms with E-state index in [9.17, 15) is 0 Å². The van der Waals surface area contributed by atoms with Gasteiger partial charge >= 0.3 is 0 Å². The van der Waals surface area contributed by atoms with Gasteiger partial charge in [0.15, 0.2) is 0 Å². The Hall–Kier alpha value is -1.05. The van der Waals surface area contributed by atoms with Crippen LogP contribution in [0, 0.1) is 0 Å². The van der Waals surface area contributed by atoms with Crippen molar-refractivity contribution in [3.05, 3.63) is 24.4 Å². The van der Waals surface area contributed by atoms with Crippen molar-refractivity contribution in [1.29, 1.82) is 0 Å². The summed E-state index contributed by atoms with van der Waals surface area (Å²) >= 11 is 0. The second kappa shape index (κ2) is 2.77. The maximum atomic E-state index is 4.23. The van der Waals surface area contributed by atoms with Gasteiger partial charge in [0.25, 0.3) is 0 Å². The lowest BCUT2D eigenvalue weighted by Gasteiger charge is -2.39. The van der Waals surface area contributed by atoms with Crippen molar-refractivity contribution in [1.82, 2.24) is 4.98 Å². The standard InChI is InChI=1S/C10H14N2/c1-10(6-4-7-10)12-9-5-2-3-8-11-9/h2-3,5,8H,4,6-7H2,1H3,(H,11,12). The maximum Gasteiger partial charge on any atom is 0.126 e. The van der Waals surface area contributed by atoms with E-state index in [1.165, 1.54) is 19.3 Å². The first kappa shape index (κ1) is 7.59. The number of anilines is 1. The summed E-state index contributed by atoms with van der Waals surface area (Å²) < 4.78 is 0. The lowest BCUT2D eigenvalue weighted by Crippen LogP contribution is -2.41. The zero-order valence-electron chi connectivity index (χ0n) is 7.38. The predicted molar refractivity (Wildman–Crippen MR) is 50.1 cm³/mol. The fourth-order valence-electron chi connectivity index (χ4n) is 1.58. The molecule has 0 atom stereocenters. The molecule has 1 aliphatic carbocycles. The van der Waals surface area contributed by atoms with Gasteiger partial charge in [0.05, 0.1) is 0 Å². The quantitative estimate of drug-likeness (QED) is 0.722. The highest BCUT2D eigenvalue weighted by atomic mass is 15.1. The van der Waals surface area contributed by atoms with Gasteiger partial charge in [-0.05, 0) is 38.3 Å². The van der Waals surface area contributed by atoms with Crippen LogP contribution < -0.4 is 5.32 Å². The second-order valence-electron chi connectivity index (χ2n) is 3.75. The fourth-order valence-corrected chi connectivity index (χ4v) is 1.58. The van der Waals surface area contributed by atoms with Crippen LogP contribution in [0.15, 0.2) is 24.4 Å². The zero-order chi connectivity index (χ0) is 8.44. The molecule has 0 unspecified atom stereocenters. The summed E-state index contributed by atoms with van der Waals surface area (Å²) in [6.45, 7) is 2.26. The first-order valence-electron chi connectivity index (χ1n) is 4.48. The Labute approximate surface area is 73.0 Å². The summed E-state index contributed by atoms with van der Waals surface area (Å²) in [7, 11) is 0. The SMILES string of the molecule is CC1(Nc2ccccn2)CCC1. The van der Waals surface area contributed by atoms with E-state index >= 15 is 0 Å². The first-order valence-corrected chi connectivity index (χ1v) is 4.48. The van der Waals surface area contributed by atoms with Gasteiger partial charge in [-0.15, -0.1) is 0 Å². The van der Waals surface area contributed by atoms with Gasteiger partial charge < -0.3 is 5.32 Å². The molecule has 1 N–H and O–H groups in total. The Bertz CT molecular complexity index is 252. The molecule has 1 aromatic heterocycles. The Morgan fingerprint density at radius 1 is 1.42 bits per heavy atom. The van der Waals surface area contributed by atoms with Crippen molar-refractivity contribution in [2.45, 2.75) is 31.7 Å². The molecule has 64 valence electrons. The third-order valence-electron chi connectivity index (χ3n) is 2.55. The van der Waals surface area contributed by atoms with Crippen molar-refractivity contribution >= 4 is 5.82 Å². The van der Waals surface area contributed by atoms with Crippen LogP contribution >= 0.6 is 0 Å². The largest absolute Gasteiger partial charge is 0.365 e. The van der Waals surface area contributed by atoms with Crippen molar-refractivity contribution in [3.8, 4) is 0 Å². The van der Waals surface area contributed by atoms with Crippen molar-refractivity contribution in [3.63, 3.8) is 0 Å². The van der Waals surface area contributed by atoms with Gasteiger partial charge in [0, 0.05) is 11.7 Å². The molecule has 12 heavy (non-hydrogen) atoms. The Kier molecular flexibility index (Phi) is 1.75. The number of hydrogen-bond donors (Lipinski definition) is 1. The summed E-state index contributed by atoms with van der Waals surface area (Å²) in [5, 5.41) is 3.44. The molecule has 0 amide bonds. The van der Waals surface area contributed by atoms with Crippen molar-refractivity contribution in [2.75, 3.05) is 5.32 Å². The molecule has 1 heterocycles. The minimum absolute atomic E-state index is 0.314. The molecule has 0 radical (unpaired) electrons. The molecule has 1 aromatic rings. The van der Waals surface area contributed by atoms with Crippen LogP contribution in [-0.2, 0) is 0 Å². The van der Waals surface area contributed by atoms with Crippen molar-refractivity contribution in [2.24, 2.45) is 0 Å². The van der Waals surface area contributed by atoms with Crippen molar-refractivity contribution < 1.29 is 0 Å². The van der Waals surface area contributed by atoms with E-state index in [1.807, 2.05) is 24.4 Å². The van der Waals surface area contributed by atoms with Crippen LogP contribution in [0.5, 0.6) is 0 Å². The normalized spacial score (nSPS) is 19.8. The van der Waals surface area contributed by atoms with Crippen LogP contribution in [-0.4, -0.2) is 10.5 Å². The molecule has 2 heteroatoms. The molecule has 1 aliphatic rings. The topological polar surface area (TPSA) is 24.9 Å². The Balaban J connectivity index is 2.04. The summed E-state index contributed by atoms with van der Waals surface area (Å²) in [6.07, 6.45) is 5.70. The lowest BCUT2D eigenvalue weighted by molar-refractivity contribution is 0.306. The summed E-state index contributed by atoms with van der Waals surface area (Å²) in [5.41, 5.74) is 0.314. The highest BCUT2D eigenvalue weighted by Crippen LogP contribution is 2.33. The number of nitrogens with one attached hydrogen (secondary N) is 1. The lowest BCUT2D eigenvalue weighted by atomic mass is 9.78. The number of hydrogen-bond acceptors (Lipinski definition) is 2. The molecule has 2 rings (SSSR count). The molecule has 0 saturated heterocycles. The smallest absolute Gasteiger partial charge is 0.126 e. The van der Waals surface area contributed by atoms with E-state index in [1.54, 1.807) is 0 Å². The predicted octanol–water partition coefficient (Wildman–Crippen LogP) is 2.44. The molecule has 2 nitrogen and oxygen atoms in total. The average Bonchev–Trinajstić information content (AvgIpc) is 2.04. The van der Waals surface area contributed by atoms with E-state index in [0.717, 1.165) is 5.82 Å². The van der Waals surface area contributed by atoms with Gasteiger partial charge in [-0.3, -0.25) is 0 Å². The highest BCUT2D eigenvalue weighted by molar-refractivity contribution is 5.37. The van der Waals surface area contributed by atoms with Crippen LogP contribution in [0.4, 0.5) is 5.82 Å². The number of nitrogens with zero attached hydrogens (tertiary/aromatic N) is 1. The van der Waals surface area contributed by atoms with Gasteiger partial charge in [0.1, 0.15) is 5.82 Å². The molecule has 1 saturated carbocycles.